The van der Waals surface area contributed by atoms with Gasteiger partial charge in [0.1, 0.15) is 0 Å². The number of urea groups is 1. The Morgan fingerprint density at radius 3 is 2.53 bits per heavy atom. The fourth-order valence-corrected chi connectivity index (χ4v) is 2.31. The zero-order valence-corrected chi connectivity index (χ0v) is 11.3. The first-order chi connectivity index (χ1) is 8.24. The molecule has 0 unspecified atom stereocenters. The van der Waals surface area contributed by atoms with Gasteiger partial charge in [-0.2, -0.15) is 0 Å². The standard InChI is InChI=1S/C13H27N3O/c1-3-4-9-14-13(17)15-10-11-16(2)12-7-5-6-8-12/h12H,3-11H2,1-2H3,(H2,14,15,17). The third-order valence-corrected chi connectivity index (χ3v) is 3.51. The fourth-order valence-electron chi connectivity index (χ4n) is 2.31. The first-order valence-corrected chi connectivity index (χ1v) is 6.96. The Hall–Kier alpha value is -0.770. The minimum atomic E-state index is -0.0294. The molecule has 1 rings (SSSR count). The summed E-state index contributed by atoms with van der Waals surface area (Å²) in [4.78, 5) is 13.8. The highest BCUT2D eigenvalue weighted by atomic mass is 16.2. The van der Waals surface area contributed by atoms with Crippen molar-refractivity contribution in [3.05, 3.63) is 0 Å². The lowest BCUT2D eigenvalue weighted by Crippen LogP contribution is -2.41. The predicted octanol–water partition coefficient (Wildman–Crippen LogP) is 1.96. The van der Waals surface area contributed by atoms with Crippen LogP contribution in [0.3, 0.4) is 0 Å². The van der Waals surface area contributed by atoms with Crippen LogP contribution in [0.25, 0.3) is 0 Å². The summed E-state index contributed by atoms with van der Waals surface area (Å²) in [6.45, 7) is 4.59. The van der Waals surface area contributed by atoms with Gasteiger partial charge in [0.05, 0.1) is 0 Å². The van der Waals surface area contributed by atoms with Crippen LogP contribution in [-0.4, -0.2) is 43.7 Å². The van der Waals surface area contributed by atoms with E-state index in [-0.39, 0.29) is 6.03 Å². The van der Waals surface area contributed by atoms with E-state index >= 15 is 0 Å². The molecule has 1 fully saturated rings. The summed E-state index contributed by atoms with van der Waals surface area (Å²) in [5, 5.41) is 5.76. The Bertz CT molecular complexity index is 215. The van der Waals surface area contributed by atoms with Crippen molar-refractivity contribution in [2.45, 2.75) is 51.5 Å². The van der Waals surface area contributed by atoms with Crippen molar-refractivity contribution in [3.63, 3.8) is 0 Å². The maximum Gasteiger partial charge on any atom is 0.314 e. The van der Waals surface area contributed by atoms with Crippen molar-refractivity contribution in [1.29, 1.82) is 0 Å². The Labute approximate surface area is 105 Å². The average Bonchev–Trinajstić information content (AvgIpc) is 2.82. The number of likely N-dealkylation sites (N-methyl/N-ethyl adjacent to an activating group) is 1. The lowest BCUT2D eigenvalue weighted by molar-refractivity contribution is 0.228. The van der Waals surface area contributed by atoms with Gasteiger partial charge in [-0.05, 0) is 26.3 Å². The topological polar surface area (TPSA) is 44.4 Å². The van der Waals surface area contributed by atoms with Gasteiger partial charge >= 0.3 is 6.03 Å². The van der Waals surface area contributed by atoms with E-state index in [4.69, 9.17) is 0 Å². The molecule has 1 aliphatic carbocycles. The molecule has 4 heteroatoms. The summed E-state index contributed by atoms with van der Waals surface area (Å²) in [5.74, 6) is 0. The number of unbranched alkanes of at least 4 members (excludes halogenated alkanes) is 1. The predicted molar refractivity (Wildman–Crippen MR) is 71.2 cm³/mol. The number of nitrogens with zero attached hydrogens (tertiary/aromatic N) is 1. The van der Waals surface area contributed by atoms with Gasteiger partial charge in [-0.3, -0.25) is 0 Å². The third kappa shape index (κ3) is 5.91. The van der Waals surface area contributed by atoms with E-state index in [1.807, 2.05) is 0 Å². The monoisotopic (exact) mass is 241 g/mol. The molecule has 0 aromatic carbocycles. The van der Waals surface area contributed by atoms with E-state index < -0.39 is 0 Å². The van der Waals surface area contributed by atoms with Crippen LogP contribution < -0.4 is 10.6 Å². The van der Waals surface area contributed by atoms with Crippen molar-refractivity contribution in [1.82, 2.24) is 15.5 Å². The van der Waals surface area contributed by atoms with E-state index in [1.165, 1.54) is 25.7 Å². The third-order valence-electron chi connectivity index (χ3n) is 3.51. The van der Waals surface area contributed by atoms with Gasteiger partial charge in [-0.25, -0.2) is 4.79 Å². The van der Waals surface area contributed by atoms with Gasteiger partial charge in [0.15, 0.2) is 0 Å². The van der Waals surface area contributed by atoms with Gasteiger partial charge in [0.2, 0.25) is 0 Å². The summed E-state index contributed by atoms with van der Waals surface area (Å²) < 4.78 is 0. The van der Waals surface area contributed by atoms with E-state index in [2.05, 4.69) is 29.5 Å². The number of hydrogen-bond acceptors (Lipinski definition) is 2. The van der Waals surface area contributed by atoms with Gasteiger partial charge in [0.25, 0.3) is 0 Å². The summed E-state index contributed by atoms with van der Waals surface area (Å²) >= 11 is 0. The second-order valence-electron chi connectivity index (χ2n) is 4.96. The molecule has 1 aliphatic rings. The average molecular weight is 241 g/mol. The van der Waals surface area contributed by atoms with Crippen LogP contribution in [0.5, 0.6) is 0 Å². The number of rotatable bonds is 7. The van der Waals surface area contributed by atoms with Crippen molar-refractivity contribution < 1.29 is 4.79 Å². The first-order valence-electron chi connectivity index (χ1n) is 6.96. The molecule has 0 aliphatic heterocycles. The van der Waals surface area contributed by atoms with Gasteiger partial charge in [0, 0.05) is 25.7 Å². The summed E-state index contributed by atoms with van der Waals surface area (Å²) in [6.07, 6.45) is 7.53. The van der Waals surface area contributed by atoms with Gasteiger partial charge in [-0.15, -0.1) is 0 Å². The number of carbonyl (C=O) groups excluding carboxylic acids is 1. The highest BCUT2D eigenvalue weighted by Gasteiger charge is 2.18. The first kappa shape index (κ1) is 14.3. The van der Waals surface area contributed by atoms with Gasteiger partial charge in [-0.1, -0.05) is 26.2 Å². The van der Waals surface area contributed by atoms with Crippen LogP contribution in [0.2, 0.25) is 0 Å². The van der Waals surface area contributed by atoms with E-state index in [1.54, 1.807) is 0 Å². The smallest absolute Gasteiger partial charge is 0.314 e. The molecule has 0 saturated heterocycles. The highest BCUT2D eigenvalue weighted by molar-refractivity contribution is 5.73. The molecular weight excluding hydrogens is 214 g/mol. The summed E-state index contributed by atoms with van der Waals surface area (Å²) in [7, 11) is 2.16. The normalized spacial score (nSPS) is 16.4. The zero-order chi connectivity index (χ0) is 12.5. The molecule has 17 heavy (non-hydrogen) atoms. The fraction of sp³-hybridized carbons (Fsp3) is 0.923. The van der Waals surface area contributed by atoms with E-state index in [9.17, 15) is 4.79 Å². The molecule has 1 saturated carbocycles. The minimum Gasteiger partial charge on any atom is -0.338 e. The Morgan fingerprint density at radius 2 is 1.88 bits per heavy atom. The highest BCUT2D eigenvalue weighted by Crippen LogP contribution is 2.21. The van der Waals surface area contributed by atoms with Crippen LogP contribution in [0, 0.1) is 0 Å². The largest absolute Gasteiger partial charge is 0.338 e. The maximum absolute atomic E-state index is 11.4. The molecule has 0 heterocycles. The summed E-state index contributed by atoms with van der Waals surface area (Å²) in [6, 6.07) is 0.707. The van der Waals surface area contributed by atoms with E-state index in [0.29, 0.717) is 0 Å². The minimum absolute atomic E-state index is 0.0294. The zero-order valence-electron chi connectivity index (χ0n) is 11.3. The number of carbonyl (C=O) groups is 1. The van der Waals surface area contributed by atoms with E-state index in [0.717, 1.165) is 38.5 Å². The molecule has 0 radical (unpaired) electrons. The Balaban J connectivity index is 2.00. The quantitative estimate of drug-likeness (QED) is 0.669. The second kappa shape index (κ2) is 8.34. The molecule has 0 aromatic heterocycles. The number of nitrogens with one attached hydrogen (secondary N) is 2. The second-order valence-corrected chi connectivity index (χ2v) is 4.96. The lowest BCUT2D eigenvalue weighted by Gasteiger charge is -2.23. The Morgan fingerprint density at radius 1 is 1.24 bits per heavy atom. The number of amides is 2. The van der Waals surface area contributed by atoms with Crippen LogP contribution in [0.4, 0.5) is 4.79 Å². The molecule has 100 valence electrons. The summed E-state index contributed by atoms with van der Waals surface area (Å²) in [5.41, 5.74) is 0. The van der Waals surface area contributed by atoms with Crippen LogP contribution >= 0.6 is 0 Å². The molecule has 2 amide bonds. The molecule has 0 aromatic rings. The molecule has 4 nitrogen and oxygen atoms in total. The van der Waals surface area contributed by atoms with Crippen molar-refractivity contribution >= 4 is 6.03 Å². The Kier molecular flexibility index (Phi) is 7.01. The van der Waals surface area contributed by atoms with Crippen LogP contribution in [0.15, 0.2) is 0 Å². The molecular formula is C13H27N3O. The van der Waals surface area contributed by atoms with Crippen LogP contribution in [0.1, 0.15) is 45.4 Å². The molecule has 0 spiro atoms. The molecule has 0 atom stereocenters. The molecule has 0 bridgehead atoms. The maximum atomic E-state index is 11.4. The SMILES string of the molecule is CCCCNC(=O)NCCN(C)C1CCCC1. The lowest BCUT2D eigenvalue weighted by atomic mass is 10.2. The van der Waals surface area contributed by atoms with Crippen molar-refractivity contribution in [2.24, 2.45) is 0 Å². The van der Waals surface area contributed by atoms with Crippen LogP contribution in [-0.2, 0) is 0 Å². The van der Waals surface area contributed by atoms with Gasteiger partial charge < -0.3 is 15.5 Å². The van der Waals surface area contributed by atoms with Crippen molar-refractivity contribution in [2.75, 3.05) is 26.7 Å². The van der Waals surface area contributed by atoms with Crippen molar-refractivity contribution in [3.8, 4) is 0 Å². The molecule has 2 N–H and O–H groups in total. The number of hydrogen-bond donors (Lipinski definition) is 2.